The molecule has 1 heterocycles. The van der Waals surface area contributed by atoms with Crippen LogP contribution in [-0.2, 0) is 6.42 Å². The molecule has 0 fully saturated rings. The fourth-order valence-corrected chi connectivity index (χ4v) is 2.15. The molecule has 0 unspecified atom stereocenters. The van der Waals surface area contributed by atoms with Crippen molar-refractivity contribution in [1.29, 1.82) is 0 Å². The van der Waals surface area contributed by atoms with Gasteiger partial charge in [-0.2, -0.15) is 4.98 Å². The maximum absolute atomic E-state index is 4.36. The molecule has 0 saturated heterocycles. The lowest BCUT2D eigenvalue weighted by molar-refractivity contribution is 0.985. The molecule has 19 heavy (non-hydrogen) atoms. The van der Waals surface area contributed by atoms with Crippen LogP contribution in [0.3, 0.4) is 0 Å². The summed E-state index contributed by atoms with van der Waals surface area (Å²) in [5, 5.41) is 6.25. The van der Waals surface area contributed by atoms with Gasteiger partial charge < -0.3 is 10.6 Å². The van der Waals surface area contributed by atoms with Crippen molar-refractivity contribution in [2.45, 2.75) is 13.3 Å². The summed E-state index contributed by atoms with van der Waals surface area (Å²) in [5.74, 6) is 1.43. The lowest BCUT2D eigenvalue weighted by Gasteiger charge is -2.10. The fourth-order valence-electron chi connectivity index (χ4n) is 1.82. The van der Waals surface area contributed by atoms with E-state index in [0.29, 0.717) is 5.95 Å². The van der Waals surface area contributed by atoms with Crippen molar-refractivity contribution in [1.82, 2.24) is 9.97 Å². The van der Waals surface area contributed by atoms with Gasteiger partial charge in [-0.25, -0.2) is 4.98 Å². The van der Waals surface area contributed by atoms with Crippen LogP contribution in [0.2, 0.25) is 0 Å². The van der Waals surface area contributed by atoms with Crippen molar-refractivity contribution in [3.8, 4) is 0 Å². The smallest absolute Gasteiger partial charge is 0.224 e. The van der Waals surface area contributed by atoms with Gasteiger partial charge in [0, 0.05) is 19.8 Å². The molecule has 0 amide bonds. The molecule has 100 valence electrons. The lowest BCUT2D eigenvalue weighted by atomic mass is 10.1. The van der Waals surface area contributed by atoms with Crippen molar-refractivity contribution >= 4 is 27.7 Å². The Morgan fingerprint density at radius 1 is 1.26 bits per heavy atom. The molecule has 0 aliphatic rings. The van der Waals surface area contributed by atoms with Gasteiger partial charge in [0.05, 0.1) is 4.47 Å². The Morgan fingerprint density at radius 2 is 2.05 bits per heavy atom. The summed E-state index contributed by atoms with van der Waals surface area (Å²) in [6, 6.07) is 8.43. The summed E-state index contributed by atoms with van der Waals surface area (Å²) in [5.41, 5.74) is 2.68. The third kappa shape index (κ3) is 3.67. The third-order valence-electron chi connectivity index (χ3n) is 2.92. The van der Waals surface area contributed by atoms with Crippen LogP contribution in [0.4, 0.5) is 11.8 Å². The van der Waals surface area contributed by atoms with Gasteiger partial charge in [-0.05, 0) is 40.4 Å². The molecular formula is C14H17BrN4. The normalized spacial score (nSPS) is 10.3. The van der Waals surface area contributed by atoms with E-state index in [9.17, 15) is 0 Å². The number of nitrogens with zero attached hydrogens (tertiary/aromatic N) is 2. The van der Waals surface area contributed by atoms with Gasteiger partial charge in [0.15, 0.2) is 0 Å². The fraction of sp³-hybridized carbons (Fsp3) is 0.286. The molecule has 2 N–H and O–H groups in total. The second kappa shape index (κ2) is 6.52. The molecule has 0 aliphatic heterocycles. The second-order valence-electron chi connectivity index (χ2n) is 4.24. The average molecular weight is 321 g/mol. The number of hydrogen-bond acceptors (Lipinski definition) is 4. The molecule has 1 aromatic carbocycles. The standard InChI is InChI=1S/C14H17BrN4/c1-10-5-3-4-6-11(10)7-8-17-13-12(15)9-18-14(16-2)19-13/h3-6,9H,7-8H2,1-2H3,(H2,16,17,18,19). The molecule has 2 aromatic rings. The monoisotopic (exact) mass is 320 g/mol. The van der Waals surface area contributed by atoms with Crippen molar-refractivity contribution in [2.24, 2.45) is 0 Å². The highest BCUT2D eigenvalue weighted by Crippen LogP contribution is 2.20. The van der Waals surface area contributed by atoms with Crippen LogP contribution < -0.4 is 10.6 Å². The van der Waals surface area contributed by atoms with E-state index in [0.717, 1.165) is 23.3 Å². The lowest BCUT2D eigenvalue weighted by Crippen LogP contribution is -2.09. The minimum Gasteiger partial charge on any atom is -0.369 e. The van der Waals surface area contributed by atoms with Gasteiger partial charge in [0.25, 0.3) is 0 Å². The van der Waals surface area contributed by atoms with E-state index in [-0.39, 0.29) is 0 Å². The Hall–Kier alpha value is -1.62. The van der Waals surface area contributed by atoms with Crippen LogP contribution in [0.5, 0.6) is 0 Å². The minimum atomic E-state index is 0.613. The highest BCUT2D eigenvalue weighted by Gasteiger charge is 2.04. The largest absolute Gasteiger partial charge is 0.369 e. The Balaban J connectivity index is 1.98. The molecule has 4 nitrogen and oxygen atoms in total. The number of nitrogens with one attached hydrogen (secondary N) is 2. The van der Waals surface area contributed by atoms with Crippen LogP contribution in [0.1, 0.15) is 11.1 Å². The topological polar surface area (TPSA) is 49.8 Å². The van der Waals surface area contributed by atoms with Crippen molar-refractivity contribution in [3.05, 3.63) is 46.1 Å². The van der Waals surface area contributed by atoms with Crippen LogP contribution in [-0.4, -0.2) is 23.6 Å². The zero-order valence-corrected chi connectivity index (χ0v) is 12.7. The number of aryl methyl sites for hydroxylation is 1. The van der Waals surface area contributed by atoms with E-state index in [4.69, 9.17) is 0 Å². The van der Waals surface area contributed by atoms with E-state index < -0.39 is 0 Å². The summed E-state index contributed by atoms with van der Waals surface area (Å²) < 4.78 is 0.872. The van der Waals surface area contributed by atoms with Crippen molar-refractivity contribution in [2.75, 3.05) is 24.2 Å². The maximum atomic E-state index is 4.36. The van der Waals surface area contributed by atoms with Crippen LogP contribution in [0.15, 0.2) is 34.9 Å². The SMILES string of the molecule is CNc1ncc(Br)c(NCCc2ccccc2C)n1. The molecule has 0 atom stereocenters. The summed E-state index contributed by atoms with van der Waals surface area (Å²) in [4.78, 5) is 8.49. The highest BCUT2D eigenvalue weighted by atomic mass is 79.9. The molecule has 2 rings (SSSR count). The van der Waals surface area contributed by atoms with E-state index in [1.165, 1.54) is 11.1 Å². The molecular weight excluding hydrogens is 304 g/mol. The molecule has 0 saturated carbocycles. The predicted octanol–water partition coefficient (Wildman–Crippen LogP) is 3.24. The van der Waals surface area contributed by atoms with Gasteiger partial charge in [-0.3, -0.25) is 0 Å². The first-order chi connectivity index (χ1) is 9.20. The summed E-state index contributed by atoms with van der Waals surface area (Å²) >= 11 is 3.45. The first-order valence-corrected chi connectivity index (χ1v) is 6.98. The van der Waals surface area contributed by atoms with Crippen LogP contribution in [0.25, 0.3) is 0 Å². The Labute approximate surface area is 121 Å². The number of hydrogen-bond donors (Lipinski definition) is 2. The second-order valence-corrected chi connectivity index (χ2v) is 5.10. The Kier molecular flexibility index (Phi) is 4.74. The quantitative estimate of drug-likeness (QED) is 0.888. The van der Waals surface area contributed by atoms with E-state index in [1.807, 2.05) is 0 Å². The van der Waals surface area contributed by atoms with Gasteiger partial charge in [0.1, 0.15) is 5.82 Å². The van der Waals surface area contributed by atoms with E-state index in [2.05, 4.69) is 67.7 Å². The highest BCUT2D eigenvalue weighted by molar-refractivity contribution is 9.10. The molecule has 0 radical (unpaired) electrons. The van der Waals surface area contributed by atoms with Gasteiger partial charge in [-0.1, -0.05) is 24.3 Å². The molecule has 1 aromatic heterocycles. The number of benzene rings is 1. The minimum absolute atomic E-state index is 0.613. The Morgan fingerprint density at radius 3 is 2.79 bits per heavy atom. The van der Waals surface area contributed by atoms with Crippen LogP contribution in [0, 0.1) is 6.92 Å². The molecule has 5 heteroatoms. The van der Waals surface area contributed by atoms with Gasteiger partial charge in [0.2, 0.25) is 5.95 Å². The molecule has 0 aliphatic carbocycles. The number of halogens is 1. The van der Waals surface area contributed by atoms with Crippen molar-refractivity contribution < 1.29 is 0 Å². The number of anilines is 2. The first-order valence-electron chi connectivity index (χ1n) is 6.19. The van der Waals surface area contributed by atoms with Crippen LogP contribution >= 0.6 is 15.9 Å². The predicted molar refractivity (Wildman–Crippen MR) is 82.7 cm³/mol. The summed E-state index contributed by atoms with van der Waals surface area (Å²) in [6.45, 7) is 2.97. The summed E-state index contributed by atoms with van der Waals surface area (Å²) in [6.07, 6.45) is 2.72. The maximum Gasteiger partial charge on any atom is 0.224 e. The number of rotatable bonds is 5. The van der Waals surface area contributed by atoms with Gasteiger partial charge in [-0.15, -0.1) is 0 Å². The van der Waals surface area contributed by atoms with E-state index in [1.54, 1.807) is 13.2 Å². The molecule has 0 bridgehead atoms. The average Bonchev–Trinajstić information content (AvgIpc) is 2.43. The first kappa shape index (κ1) is 13.8. The Bertz CT molecular complexity index is 557. The van der Waals surface area contributed by atoms with E-state index >= 15 is 0 Å². The third-order valence-corrected chi connectivity index (χ3v) is 3.50. The molecule has 0 spiro atoms. The van der Waals surface area contributed by atoms with Crippen molar-refractivity contribution in [3.63, 3.8) is 0 Å². The number of aromatic nitrogens is 2. The zero-order valence-electron chi connectivity index (χ0n) is 11.1. The zero-order chi connectivity index (χ0) is 13.7. The summed E-state index contributed by atoms with van der Waals surface area (Å²) in [7, 11) is 1.81. The van der Waals surface area contributed by atoms with Gasteiger partial charge >= 0.3 is 0 Å².